The van der Waals surface area contributed by atoms with Gasteiger partial charge in [-0.3, -0.25) is 9.69 Å². The lowest BCUT2D eigenvalue weighted by Gasteiger charge is -2.39. The lowest BCUT2D eigenvalue weighted by atomic mass is 9.77. The summed E-state index contributed by atoms with van der Waals surface area (Å²) in [4.78, 5) is 19.1. The minimum atomic E-state index is -0.227. The van der Waals surface area contributed by atoms with Gasteiger partial charge in [0.15, 0.2) is 0 Å². The molecule has 0 aromatic heterocycles. The van der Waals surface area contributed by atoms with Crippen molar-refractivity contribution in [2.24, 2.45) is 23.2 Å². The summed E-state index contributed by atoms with van der Waals surface area (Å²) in [6.07, 6.45) is 5.63. The van der Waals surface area contributed by atoms with E-state index in [9.17, 15) is 4.79 Å². The van der Waals surface area contributed by atoms with Crippen molar-refractivity contribution >= 4 is 5.91 Å². The average Bonchev–Trinajstić information content (AvgIpc) is 3.31. The minimum Gasteiger partial charge on any atom is -0.379 e. The Morgan fingerprint density at radius 1 is 1.21 bits per heavy atom. The van der Waals surface area contributed by atoms with E-state index in [1.165, 1.54) is 29.5 Å². The van der Waals surface area contributed by atoms with Crippen molar-refractivity contribution in [3.05, 3.63) is 34.9 Å². The molecule has 4 heterocycles. The normalized spacial score (nSPS) is 36.2. The third-order valence-corrected chi connectivity index (χ3v) is 9.60. The molecule has 6 rings (SSSR count). The standard InChI is InChI=1S/C28H40N2O4/c1-19-3-4-21-5-7-29(13-23(21)9-19)27(31)28-12-20(10-22-6-8-33-17-26(22)32-2)11-24(28)14-30(18-28)25-15-34-16-25/h3-4,9,20,22,24-26H,5-8,10-18H2,1-2H3/t20-,22?,24+,26?,28+/m1/s1. The molecule has 4 aliphatic heterocycles. The average molecular weight is 469 g/mol. The van der Waals surface area contributed by atoms with Crippen molar-refractivity contribution in [3.8, 4) is 0 Å². The zero-order valence-corrected chi connectivity index (χ0v) is 20.8. The van der Waals surface area contributed by atoms with Gasteiger partial charge in [-0.05, 0) is 67.9 Å². The van der Waals surface area contributed by atoms with E-state index in [-0.39, 0.29) is 11.5 Å². The van der Waals surface area contributed by atoms with E-state index in [2.05, 4.69) is 34.9 Å². The van der Waals surface area contributed by atoms with Crippen molar-refractivity contribution in [1.29, 1.82) is 0 Å². The first kappa shape index (κ1) is 23.0. The highest BCUT2D eigenvalue weighted by Crippen LogP contribution is 2.55. The van der Waals surface area contributed by atoms with Gasteiger partial charge in [0.05, 0.1) is 37.4 Å². The van der Waals surface area contributed by atoms with E-state index in [1.54, 1.807) is 0 Å². The number of fused-ring (bicyclic) bond motifs is 2. The molecule has 6 nitrogen and oxygen atoms in total. The number of benzene rings is 1. The quantitative estimate of drug-likeness (QED) is 0.665. The van der Waals surface area contributed by atoms with E-state index in [0.717, 1.165) is 65.3 Å². The molecule has 5 aliphatic rings. The van der Waals surface area contributed by atoms with E-state index in [0.29, 0.717) is 36.3 Å². The lowest BCUT2D eigenvalue weighted by molar-refractivity contribution is -0.144. The van der Waals surface area contributed by atoms with Crippen LogP contribution < -0.4 is 0 Å². The number of likely N-dealkylation sites (tertiary alicyclic amines) is 1. The van der Waals surface area contributed by atoms with Gasteiger partial charge in [-0.2, -0.15) is 0 Å². The maximum atomic E-state index is 14.4. The summed E-state index contributed by atoms with van der Waals surface area (Å²) in [6.45, 7) is 8.95. The van der Waals surface area contributed by atoms with E-state index < -0.39 is 0 Å². The van der Waals surface area contributed by atoms with Crippen molar-refractivity contribution in [2.75, 3.05) is 53.2 Å². The van der Waals surface area contributed by atoms with Crippen LogP contribution in [-0.4, -0.2) is 81.0 Å². The topological polar surface area (TPSA) is 51.2 Å². The maximum absolute atomic E-state index is 14.4. The van der Waals surface area contributed by atoms with Crippen molar-refractivity contribution in [1.82, 2.24) is 9.80 Å². The molecule has 2 unspecified atom stereocenters. The Balaban J connectivity index is 1.22. The molecule has 5 atom stereocenters. The third kappa shape index (κ3) is 4.01. The van der Waals surface area contributed by atoms with Gasteiger partial charge in [-0.15, -0.1) is 0 Å². The Bertz CT molecular complexity index is 918. The third-order valence-electron chi connectivity index (χ3n) is 9.60. The van der Waals surface area contributed by atoms with Crippen LogP contribution in [-0.2, 0) is 32.0 Å². The summed E-state index contributed by atoms with van der Waals surface area (Å²) in [5.74, 6) is 2.04. The summed E-state index contributed by atoms with van der Waals surface area (Å²) >= 11 is 0. The van der Waals surface area contributed by atoms with Gasteiger partial charge in [0.1, 0.15) is 0 Å². The Morgan fingerprint density at radius 3 is 2.88 bits per heavy atom. The zero-order chi connectivity index (χ0) is 23.3. The smallest absolute Gasteiger partial charge is 0.230 e. The fourth-order valence-electron chi connectivity index (χ4n) is 7.66. The molecular weight excluding hydrogens is 428 g/mol. The molecule has 4 fully saturated rings. The van der Waals surface area contributed by atoms with Crippen LogP contribution in [0.5, 0.6) is 0 Å². The number of aryl methyl sites for hydroxylation is 1. The SMILES string of the molecule is COC1COCCC1C[C@@H]1C[C@H]2CN(C3COC3)C[C@@]2(C(=O)N2CCc3ccc(C)cc3C2)C1. The predicted molar refractivity (Wildman–Crippen MR) is 129 cm³/mol. The van der Waals surface area contributed by atoms with Gasteiger partial charge < -0.3 is 19.1 Å². The van der Waals surface area contributed by atoms with Gasteiger partial charge in [0.25, 0.3) is 0 Å². The molecular formula is C28H40N2O4. The van der Waals surface area contributed by atoms with Crippen LogP contribution in [0.15, 0.2) is 18.2 Å². The molecule has 186 valence electrons. The molecule has 0 radical (unpaired) electrons. The van der Waals surface area contributed by atoms with Crippen LogP contribution in [0.2, 0.25) is 0 Å². The monoisotopic (exact) mass is 468 g/mol. The first-order chi connectivity index (χ1) is 16.6. The second kappa shape index (κ2) is 9.20. The van der Waals surface area contributed by atoms with Crippen molar-refractivity contribution in [3.63, 3.8) is 0 Å². The second-order valence-electron chi connectivity index (χ2n) is 11.7. The largest absolute Gasteiger partial charge is 0.379 e. The van der Waals surface area contributed by atoms with Gasteiger partial charge in [0, 0.05) is 39.9 Å². The molecule has 0 bridgehead atoms. The highest BCUT2D eigenvalue weighted by molar-refractivity contribution is 5.84. The van der Waals surface area contributed by atoms with Crippen LogP contribution in [0.25, 0.3) is 0 Å². The molecule has 1 aromatic carbocycles. The molecule has 3 saturated heterocycles. The van der Waals surface area contributed by atoms with Crippen molar-refractivity contribution in [2.45, 2.75) is 57.7 Å². The number of carbonyl (C=O) groups is 1. The van der Waals surface area contributed by atoms with Crippen LogP contribution in [0.4, 0.5) is 0 Å². The number of ether oxygens (including phenoxy) is 3. The number of nitrogens with zero attached hydrogens (tertiary/aromatic N) is 2. The van der Waals surface area contributed by atoms with E-state index in [4.69, 9.17) is 14.2 Å². The highest BCUT2D eigenvalue weighted by atomic mass is 16.5. The summed E-state index contributed by atoms with van der Waals surface area (Å²) < 4.78 is 17.0. The van der Waals surface area contributed by atoms with E-state index in [1.807, 2.05) is 7.11 Å². The summed E-state index contributed by atoms with van der Waals surface area (Å²) in [5.41, 5.74) is 3.81. The van der Waals surface area contributed by atoms with Gasteiger partial charge in [-0.1, -0.05) is 23.8 Å². The first-order valence-electron chi connectivity index (χ1n) is 13.4. The van der Waals surface area contributed by atoms with Gasteiger partial charge in [0.2, 0.25) is 5.91 Å². The van der Waals surface area contributed by atoms with Crippen molar-refractivity contribution < 1.29 is 19.0 Å². The number of amides is 1. The molecule has 0 spiro atoms. The van der Waals surface area contributed by atoms with Crippen LogP contribution >= 0.6 is 0 Å². The summed E-state index contributed by atoms with van der Waals surface area (Å²) in [5, 5.41) is 0. The minimum absolute atomic E-state index is 0.200. The Hall–Kier alpha value is -1.47. The summed E-state index contributed by atoms with van der Waals surface area (Å²) in [6, 6.07) is 7.25. The predicted octanol–water partition coefficient (Wildman–Crippen LogP) is 3.05. The highest BCUT2D eigenvalue weighted by Gasteiger charge is 2.59. The van der Waals surface area contributed by atoms with Gasteiger partial charge in [-0.25, -0.2) is 0 Å². The van der Waals surface area contributed by atoms with Crippen LogP contribution in [0.3, 0.4) is 0 Å². The second-order valence-corrected chi connectivity index (χ2v) is 11.7. The number of methoxy groups -OCH3 is 1. The number of carbonyl (C=O) groups excluding carboxylic acids is 1. The van der Waals surface area contributed by atoms with Crippen LogP contribution in [0.1, 0.15) is 42.4 Å². The first-order valence-corrected chi connectivity index (χ1v) is 13.4. The fourth-order valence-corrected chi connectivity index (χ4v) is 7.66. The van der Waals surface area contributed by atoms with E-state index >= 15 is 0 Å². The Kier molecular flexibility index (Phi) is 6.21. The molecule has 1 saturated carbocycles. The molecule has 6 heteroatoms. The number of rotatable bonds is 5. The Morgan fingerprint density at radius 2 is 2.09 bits per heavy atom. The molecule has 0 N–H and O–H groups in total. The number of hydrogen-bond acceptors (Lipinski definition) is 5. The molecule has 34 heavy (non-hydrogen) atoms. The summed E-state index contributed by atoms with van der Waals surface area (Å²) in [7, 11) is 1.81. The fraction of sp³-hybridized carbons (Fsp3) is 0.750. The molecule has 1 aromatic rings. The molecule has 1 aliphatic carbocycles. The maximum Gasteiger partial charge on any atom is 0.230 e. The lowest BCUT2D eigenvalue weighted by Crippen LogP contribution is -2.51. The molecule has 1 amide bonds. The Labute approximate surface area is 203 Å². The van der Waals surface area contributed by atoms with Crippen LogP contribution in [0, 0.1) is 30.1 Å². The zero-order valence-electron chi connectivity index (χ0n) is 20.8. The van der Waals surface area contributed by atoms with Gasteiger partial charge >= 0.3 is 0 Å². The number of hydrogen-bond donors (Lipinski definition) is 0.